The SMILES string of the molecule is COc1cccc(CCN2C[C@@H](C)C[C@@H](NC(=O)OC(C)(C)C)C2)c1.COc1cccc(CCN2C[C@H](N)C[C@H](N)C2)c1. The number of likely N-dealkylation sites (tertiary alicyclic amines) is 2. The zero-order valence-corrected chi connectivity index (χ0v) is 27.2. The van der Waals surface area contributed by atoms with Gasteiger partial charge in [0.2, 0.25) is 0 Å². The largest absolute Gasteiger partial charge is 0.497 e. The maximum atomic E-state index is 12.0. The highest BCUT2D eigenvalue weighted by Crippen LogP contribution is 2.19. The molecular formula is C34H55N5O4. The van der Waals surface area contributed by atoms with Gasteiger partial charge < -0.3 is 35.9 Å². The minimum Gasteiger partial charge on any atom is -0.497 e. The summed E-state index contributed by atoms with van der Waals surface area (Å²) in [5, 5.41) is 3.03. The van der Waals surface area contributed by atoms with Gasteiger partial charge in [0.05, 0.1) is 14.2 Å². The van der Waals surface area contributed by atoms with Crippen LogP contribution in [0.3, 0.4) is 0 Å². The Kier molecular flexibility index (Phi) is 13.6. The first-order valence-corrected chi connectivity index (χ1v) is 15.6. The lowest BCUT2D eigenvalue weighted by molar-refractivity contribution is 0.0454. The number of rotatable bonds is 9. The summed E-state index contributed by atoms with van der Waals surface area (Å²) in [6.07, 6.45) is 3.60. The topological polar surface area (TPSA) is 115 Å². The Labute approximate surface area is 259 Å². The molecule has 5 N–H and O–H groups in total. The zero-order chi connectivity index (χ0) is 31.4. The molecule has 1 amide bonds. The molecule has 2 saturated heterocycles. The smallest absolute Gasteiger partial charge is 0.407 e. The molecule has 2 aromatic rings. The van der Waals surface area contributed by atoms with E-state index in [1.807, 2.05) is 45.0 Å². The third-order valence-electron chi connectivity index (χ3n) is 7.75. The first-order valence-electron chi connectivity index (χ1n) is 15.6. The molecule has 0 bridgehead atoms. The van der Waals surface area contributed by atoms with Gasteiger partial charge in [-0.25, -0.2) is 4.79 Å². The van der Waals surface area contributed by atoms with Crippen LogP contribution in [-0.2, 0) is 17.6 Å². The van der Waals surface area contributed by atoms with E-state index in [1.165, 1.54) is 11.1 Å². The molecular weight excluding hydrogens is 542 g/mol. The first-order chi connectivity index (χ1) is 20.4. The number of benzene rings is 2. The number of carbonyl (C=O) groups excluding carboxylic acids is 1. The van der Waals surface area contributed by atoms with Crippen LogP contribution in [0.15, 0.2) is 48.5 Å². The molecule has 0 radical (unpaired) electrons. The second-order valence-corrected chi connectivity index (χ2v) is 13.2. The molecule has 4 rings (SSSR count). The van der Waals surface area contributed by atoms with E-state index in [1.54, 1.807) is 14.2 Å². The van der Waals surface area contributed by atoms with Crippen LogP contribution >= 0.6 is 0 Å². The number of nitrogens with two attached hydrogens (primary N) is 2. The van der Waals surface area contributed by atoms with Gasteiger partial charge in [-0.15, -0.1) is 0 Å². The molecule has 2 aromatic carbocycles. The summed E-state index contributed by atoms with van der Waals surface area (Å²) >= 11 is 0. The van der Waals surface area contributed by atoms with Crippen molar-refractivity contribution in [3.63, 3.8) is 0 Å². The summed E-state index contributed by atoms with van der Waals surface area (Å²) in [7, 11) is 3.39. The molecule has 0 saturated carbocycles. The van der Waals surface area contributed by atoms with Gasteiger partial charge in [-0.05, 0) is 87.8 Å². The number of amides is 1. The van der Waals surface area contributed by atoms with Crippen LogP contribution in [0.4, 0.5) is 4.79 Å². The number of hydrogen-bond donors (Lipinski definition) is 3. The normalized spacial score (nSPS) is 23.1. The van der Waals surface area contributed by atoms with Gasteiger partial charge in [0.25, 0.3) is 0 Å². The number of piperidine rings is 2. The molecule has 0 unspecified atom stereocenters. The van der Waals surface area contributed by atoms with E-state index in [2.05, 4.69) is 46.3 Å². The molecule has 9 heteroatoms. The second-order valence-electron chi connectivity index (χ2n) is 13.2. The molecule has 240 valence electrons. The van der Waals surface area contributed by atoms with E-state index in [9.17, 15) is 4.79 Å². The minimum absolute atomic E-state index is 0.143. The van der Waals surface area contributed by atoms with Gasteiger partial charge in [0.1, 0.15) is 17.1 Å². The van der Waals surface area contributed by atoms with E-state index in [-0.39, 0.29) is 24.2 Å². The van der Waals surface area contributed by atoms with Crippen molar-refractivity contribution in [1.82, 2.24) is 15.1 Å². The quantitative estimate of drug-likeness (QED) is 0.396. The maximum absolute atomic E-state index is 12.0. The Morgan fingerprint density at radius 1 is 0.837 bits per heavy atom. The molecule has 4 atom stereocenters. The number of nitrogens with zero attached hydrogens (tertiary/aromatic N) is 2. The Morgan fingerprint density at radius 2 is 1.35 bits per heavy atom. The van der Waals surface area contributed by atoms with Crippen LogP contribution in [-0.4, -0.2) is 93.1 Å². The van der Waals surface area contributed by atoms with Gasteiger partial charge in [-0.2, -0.15) is 0 Å². The summed E-state index contributed by atoms with van der Waals surface area (Å²) in [5.41, 5.74) is 14.1. The molecule has 2 aliphatic rings. The van der Waals surface area contributed by atoms with Crippen LogP contribution in [0.25, 0.3) is 0 Å². The Bertz CT molecular complexity index is 1110. The lowest BCUT2D eigenvalue weighted by Gasteiger charge is -2.37. The standard InChI is InChI=1S/C20H32N2O3.C14H23N3O/c1-15-11-17(21-19(23)25-20(2,3)4)14-22(13-15)10-9-16-7-6-8-18(12-16)24-5;1-18-14-4-2-3-11(7-14)5-6-17-9-12(15)8-13(16)10-17/h6-8,12,15,17H,9-11,13-14H2,1-5H3,(H,21,23);2-4,7,12-13H,5-6,8-10,15-16H2,1H3/t15-,17+;12-,13+/m0./s1. The lowest BCUT2D eigenvalue weighted by atomic mass is 9.95. The number of nitrogens with one attached hydrogen (secondary N) is 1. The van der Waals surface area contributed by atoms with Crippen LogP contribution < -0.4 is 26.3 Å². The van der Waals surface area contributed by atoms with E-state index in [0.717, 1.165) is 76.5 Å². The summed E-state index contributed by atoms with van der Waals surface area (Å²) in [6, 6.07) is 17.0. The van der Waals surface area contributed by atoms with E-state index in [0.29, 0.717) is 5.92 Å². The number of alkyl carbamates (subject to hydrolysis) is 1. The van der Waals surface area contributed by atoms with Crippen molar-refractivity contribution in [2.45, 2.75) is 77.1 Å². The summed E-state index contributed by atoms with van der Waals surface area (Å²) in [6.45, 7) is 13.7. The Morgan fingerprint density at radius 3 is 1.84 bits per heavy atom. The highest BCUT2D eigenvalue weighted by Gasteiger charge is 2.27. The predicted octanol–water partition coefficient (Wildman–Crippen LogP) is 4.07. The zero-order valence-electron chi connectivity index (χ0n) is 27.2. The fraction of sp³-hybridized carbons (Fsp3) is 0.618. The number of hydrogen-bond acceptors (Lipinski definition) is 8. The van der Waals surface area contributed by atoms with Crippen molar-refractivity contribution in [2.75, 3.05) is 53.5 Å². The third kappa shape index (κ3) is 13.1. The second kappa shape index (κ2) is 16.9. The van der Waals surface area contributed by atoms with Crippen molar-refractivity contribution in [3.05, 3.63) is 59.7 Å². The highest BCUT2D eigenvalue weighted by atomic mass is 16.6. The highest BCUT2D eigenvalue weighted by molar-refractivity contribution is 5.68. The fourth-order valence-corrected chi connectivity index (χ4v) is 5.91. The maximum Gasteiger partial charge on any atom is 0.407 e. The molecule has 2 aliphatic heterocycles. The average molecular weight is 598 g/mol. The molecule has 9 nitrogen and oxygen atoms in total. The molecule has 0 spiro atoms. The molecule has 2 heterocycles. The van der Waals surface area contributed by atoms with Crippen molar-refractivity contribution in [3.8, 4) is 11.5 Å². The van der Waals surface area contributed by atoms with Gasteiger partial charge in [0.15, 0.2) is 0 Å². The number of methoxy groups -OCH3 is 2. The molecule has 43 heavy (non-hydrogen) atoms. The Balaban J connectivity index is 0.000000248. The molecule has 0 aromatic heterocycles. The van der Waals surface area contributed by atoms with E-state index < -0.39 is 5.60 Å². The van der Waals surface area contributed by atoms with E-state index in [4.69, 9.17) is 25.7 Å². The van der Waals surface area contributed by atoms with Crippen LogP contribution in [0.2, 0.25) is 0 Å². The van der Waals surface area contributed by atoms with E-state index >= 15 is 0 Å². The van der Waals surface area contributed by atoms with Crippen LogP contribution in [0.5, 0.6) is 11.5 Å². The van der Waals surface area contributed by atoms with Gasteiger partial charge in [-0.3, -0.25) is 4.90 Å². The predicted molar refractivity (Wildman–Crippen MR) is 174 cm³/mol. The van der Waals surface area contributed by atoms with Crippen molar-refractivity contribution >= 4 is 6.09 Å². The van der Waals surface area contributed by atoms with Crippen molar-refractivity contribution in [2.24, 2.45) is 17.4 Å². The minimum atomic E-state index is -0.462. The van der Waals surface area contributed by atoms with Gasteiger partial charge in [0, 0.05) is 57.4 Å². The van der Waals surface area contributed by atoms with Crippen molar-refractivity contribution in [1.29, 1.82) is 0 Å². The molecule has 0 aliphatic carbocycles. The third-order valence-corrected chi connectivity index (χ3v) is 7.75. The Hall–Kier alpha value is -2.85. The van der Waals surface area contributed by atoms with Gasteiger partial charge in [-0.1, -0.05) is 31.2 Å². The lowest BCUT2D eigenvalue weighted by Crippen LogP contribution is -2.52. The van der Waals surface area contributed by atoms with Crippen LogP contribution in [0.1, 0.15) is 51.7 Å². The average Bonchev–Trinajstić information content (AvgIpc) is 2.94. The van der Waals surface area contributed by atoms with Crippen molar-refractivity contribution < 1.29 is 19.0 Å². The number of carbonyl (C=O) groups is 1. The fourth-order valence-electron chi connectivity index (χ4n) is 5.91. The summed E-state index contributed by atoms with van der Waals surface area (Å²) in [5.74, 6) is 2.37. The summed E-state index contributed by atoms with van der Waals surface area (Å²) < 4.78 is 15.9. The molecule has 2 fully saturated rings. The van der Waals surface area contributed by atoms with Gasteiger partial charge >= 0.3 is 6.09 Å². The first kappa shape index (κ1) is 34.6. The monoisotopic (exact) mass is 597 g/mol. The van der Waals surface area contributed by atoms with Crippen LogP contribution in [0, 0.1) is 5.92 Å². The summed E-state index contributed by atoms with van der Waals surface area (Å²) in [4.78, 5) is 16.8. The number of ether oxygens (including phenoxy) is 3.